The van der Waals surface area contributed by atoms with Crippen LogP contribution in [0.5, 0.6) is 0 Å². The van der Waals surface area contributed by atoms with E-state index >= 15 is 0 Å². The largest absolute Gasteiger partial charge is 0.313 e. The van der Waals surface area contributed by atoms with Gasteiger partial charge in [-0.2, -0.15) is 5.26 Å². The fourth-order valence-electron chi connectivity index (χ4n) is 2.90. The van der Waals surface area contributed by atoms with Crippen molar-refractivity contribution in [2.24, 2.45) is 5.92 Å². The number of nitrogens with zero attached hydrogens (tertiary/aromatic N) is 1. The summed E-state index contributed by atoms with van der Waals surface area (Å²) in [6.07, 6.45) is 5.08. The second-order valence-electron chi connectivity index (χ2n) is 5.74. The van der Waals surface area contributed by atoms with E-state index in [1.54, 1.807) is 12.1 Å². The Bertz CT molecular complexity index is 596. The molecule has 1 atom stereocenters. The fourth-order valence-corrected chi connectivity index (χ4v) is 4.07. The van der Waals surface area contributed by atoms with Crippen LogP contribution in [0.4, 0.5) is 0 Å². The van der Waals surface area contributed by atoms with E-state index < -0.39 is 9.84 Å². The molecule has 0 radical (unpaired) electrons. The summed E-state index contributed by atoms with van der Waals surface area (Å²) >= 11 is 0. The molecule has 1 aliphatic rings. The summed E-state index contributed by atoms with van der Waals surface area (Å²) in [5, 5.41) is 12.1. The van der Waals surface area contributed by atoms with E-state index in [-0.39, 0.29) is 10.6 Å². The molecule has 0 amide bonds. The van der Waals surface area contributed by atoms with E-state index in [1.165, 1.54) is 37.8 Å². The average molecular weight is 306 g/mol. The van der Waals surface area contributed by atoms with Gasteiger partial charge >= 0.3 is 0 Å². The number of sulfone groups is 1. The number of nitriles is 1. The van der Waals surface area contributed by atoms with Crippen LogP contribution in [-0.4, -0.2) is 26.8 Å². The first-order valence-corrected chi connectivity index (χ1v) is 9.14. The zero-order chi connectivity index (χ0) is 15.3. The second kappa shape index (κ2) is 7.06. The lowest BCUT2D eigenvalue weighted by Gasteiger charge is -2.20. The van der Waals surface area contributed by atoms with E-state index in [0.717, 1.165) is 0 Å². The highest BCUT2D eigenvalue weighted by atomic mass is 32.2. The monoisotopic (exact) mass is 306 g/mol. The maximum atomic E-state index is 12.2. The predicted molar refractivity (Wildman–Crippen MR) is 82.6 cm³/mol. The van der Waals surface area contributed by atoms with Gasteiger partial charge in [-0.3, -0.25) is 0 Å². The van der Waals surface area contributed by atoms with E-state index in [1.807, 2.05) is 6.07 Å². The van der Waals surface area contributed by atoms with E-state index in [9.17, 15) is 8.42 Å². The van der Waals surface area contributed by atoms with Crippen LogP contribution in [0, 0.1) is 17.2 Å². The van der Waals surface area contributed by atoms with Crippen LogP contribution in [0.25, 0.3) is 0 Å². The Morgan fingerprint density at radius 1 is 1.29 bits per heavy atom. The van der Waals surface area contributed by atoms with Crippen LogP contribution in [-0.2, 0) is 9.84 Å². The number of benzene rings is 1. The van der Waals surface area contributed by atoms with Gasteiger partial charge in [0.05, 0.1) is 22.3 Å². The Balaban J connectivity index is 1.87. The molecule has 0 aliphatic heterocycles. The molecule has 0 saturated heterocycles. The van der Waals surface area contributed by atoms with Crippen molar-refractivity contribution in [2.75, 3.05) is 12.3 Å². The first-order valence-electron chi connectivity index (χ1n) is 7.49. The van der Waals surface area contributed by atoms with Crippen molar-refractivity contribution >= 4 is 9.84 Å². The average Bonchev–Trinajstić information content (AvgIpc) is 3.01. The highest BCUT2D eigenvalue weighted by Gasteiger charge is 2.22. The van der Waals surface area contributed by atoms with Gasteiger partial charge in [-0.1, -0.05) is 12.8 Å². The zero-order valence-electron chi connectivity index (χ0n) is 12.4. The standard InChI is InChI=1S/C16H22N2O2S/c1-13(15-4-2-3-5-15)18-10-11-21(19,20)16-8-6-14(12-17)7-9-16/h6-9,13,15,18H,2-5,10-11H2,1H3/t13-/m0/s1. The van der Waals surface area contributed by atoms with Crippen molar-refractivity contribution in [3.63, 3.8) is 0 Å². The lowest BCUT2D eigenvalue weighted by molar-refractivity contribution is 0.389. The third kappa shape index (κ3) is 4.29. The Hall–Kier alpha value is -1.38. The molecule has 1 fully saturated rings. The van der Waals surface area contributed by atoms with Crippen LogP contribution < -0.4 is 5.32 Å². The van der Waals surface area contributed by atoms with Gasteiger partial charge in [0.25, 0.3) is 0 Å². The molecule has 0 spiro atoms. The Morgan fingerprint density at radius 2 is 1.90 bits per heavy atom. The normalized spacial score (nSPS) is 17.5. The highest BCUT2D eigenvalue weighted by molar-refractivity contribution is 7.91. The summed E-state index contributed by atoms with van der Waals surface area (Å²) in [6.45, 7) is 2.62. The number of hydrogen-bond donors (Lipinski definition) is 1. The van der Waals surface area contributed by atoms with Gasteiger partial charge in [0, 0.05) is 12.6 Å². The summed E-state index contributed by atoms with van der Waals surface area (Å²) in [5.41, 5.74) is 0.474. The van der Waals surface area contributed by atoms with Crippen molar-refractivity contribution in [2.45, 2.75) is 43.5 Å². The molecule has 2 rings (SSSR count). The van der Waals surface area contributed by atoms with Crippen molar-refractivity contribution < 1.29 is 8.42 Å². The lowest BCUT2D eigenvalue weighted by Crippen LogP contribution is -2.35. The van der Waals surface area contributed by atoms with Crippen molar-refractivity contribution in [3.05, 3.63) is 29.8 Å². The summed E-state index contributed by atoms with van der Waals surface area (Å²) in [7, 11) is -3.28. The minimum Gasteiger partial charge on any atom is -0.313 e. The third-order valence-electron chi connectivity index (χ3n) is 4.29. The van der Waals surface area contributed by atoms with Gasteiger partial charge < -0.3 is 5.32 Å². The Kier molecular flexibility index (Phi) is 5.38. The molecule has 0 heterocycles. The molecule has 0 aromatic heterocycles. The smallest absolute Gasteiger partial charge is 0.179 e. The summed E-state index contributed by atoms with van der Waals surface area (Å²) in [6, 6.07) is 8.47. The van der Waals surface area contributed by atoms with E-state index in [0.29, 0.717) is 24.1 Å². The van der Waals surface area contributed by atoms with Gasteiger partial charge in [0.2, 0.25) is 0 Å². The van der Waals surface area contributed by atoms with Gasteiger partial charge in [-0.05, 0) is 49.9 Å². The maximum absolute atomic E-state index is 12.2. The highest BCUT2D eigenvalue weighted by Crippen LogP contribution is 2.27. The SMILES string of the molecule is C[C@H](NCCS(=O)(=O)c1ccc(C#N)cc1)C1CCCC1. The van der Waals surface area contributed by atoms with Crippen molar-refractivity contribution in [1.29, 1.82) is 5.26 Å². The van der Waals surface area contributed by atoms with Crippen LogP contribution in [0.2, 0.25) is 0 Å². The molecule has 1 aliphatic carbocycles. The molecule has 21 heavy (non-hydrogen) atoms. The maximum Gasteiger partial charge on any atom is 0.179 e. The molecule has 114 valence electrons. The third-order valence-corrected chi connectivity index (χ3v) is 6.02. The first kappa shape index (κ1) is 16.0. The molecular weight excluding hydrogens is 284 g/mol. The predicted octanol–water partition coefficient (Wildman–Crippen LogP) is 2.50. The minimum absolute atomic E-state index is 0.0932. The number of hydrogen-bond acceptors (Lipinski definition) is 4. The number of nitrogens with one attached hydrogen (secondary N) is 1. The summed E-state index contributed by atoms with van der Waals surface area (Å²) in [5.74, 6) is 0.776. The molecular formula is C16H22N2O2S. The van der Waals surface area contributed by atoms with E-state index in [4.69, 9.17) is 5.26 Å². The van der Waals surface area contributed by atoms with Crippen molar-refractivity contribution in [1.82, 2.24) is 5.32 Å². The molecule has 5 heteroatoms. The van der Waals surface area contributed by atoms with E-state index in [2.05, 4.69) is 12.2 Å². The Labute approximate surface area is 127 Å². The molecule has 1 N–H and O–H groups in total. The van der Waals surface area contributed by atoms with Crippen LogP contribution in [0.3, 0.4) is 0 Å². The fraction of sp³-hybridized carbons (Fsp3) is 0.562. The molecule has 4 nitrogen and oxygen atoms in total. The van der Waals surface area contributed by atoms with Gasteiger partial charge in [0.15, 0.2) is 9.84 Å². The number of rotatable bonds is 6. The zero-order valence-corrected chi connectivity index (χ0v) is 13.2. The van der Waals surface area contributed by atoms with Gasteiger partial charge in [0.1, 0.15) is 0 Å². The quantitative estimate of drug-likeness (QED) is 0.876. The summed E-state index contributed by atoms with van der Waals surface area (Å²) in [4.78, 5) is 0.289. The first-order chi connectivity index (χ1) is 10.0. The second-order valence-corrected chi connectivity index (χ2v) is 7.85. The molecule has 1 aromatic rings. The van der Waals surface area contributed by atoms with Crippen molar-refractivity contribution in [3.8, 4) is 6.07 Å². The molecule has 1 aromatic carbocycles. The summed E-state index contributed by atoms with van der Waals surface area (Å²) < 4.78 is 24.4. The molecule has 0 bridgehead atoms. The molecule has 1 saturated carbocycles. The van der Waals surface area contributed by atoms with Crippen LogP contribution >= 0.6 is 0 Å². The van der Waals surface area contributed by atoms with Gasteiger partial charge in [-0.25, -0.2) is 8.42 Å². The van der Waals surface area contributed by atoms with Crippen LogP contribution in [0.1, 0.15) is 38.2 Å². The topological polar surface area (TPSA) is 70.0 Å². The van der Waals surface area contributed by atoms with Crippen LogP contribution in [0.15, 0.2) is 29.2 Å². The van der Waals surface area contributed by atoms with Gasteiger partial charge in [-0.15, -0.1) is 0 Å². The molecule has 0 unspecified atom stereocenters. The minimum atomic E-state index is -3.28. The lowest BCUT2D eigenvalue weighted by atomic mass is 10.00. The Morgan fingerprint density at radius 3 is 2.48 bits per heavy atom.